The molecule has 0 aliphatic rings. The SMILES string of the molecule is O=S(=O)(Nc1ccc2ncccc2c1)c1cccc2ccccc12. The predicted octanol–water partition coefficient (Wildman–Crippen LogP) is 4.19. The van der Waals surface area contributed by atoms with Gasteiger partial charge in [0.2, 0.25) is 0 Å². The van der Waals surface area contributed by atoms with Crippen molar-refractivity contribution in [3.05, 3.63) is 79.0 Å². The minimum absolute atomic E-state index is 0.270. The second kappa shape index (κ2) is 5.62. The molecule has 1 aromatic heterocycles. The van der Waals surface area contributed by atoms with Gasteiger partial charge < -0.3 is 0 Å². The van der Waals surface area contributed by atoms with Gasteiger partial charge in [-0.3, -0.25) is 9.71 Å². The van der Waals surface area contributed by atoms with E-state index in [1.807, 2.05) is 42.5 Å². The van der Waals surface area contributed by atoms with Crippen LogP contribution in [0.1, 0.15) is 0 Å². The van der Waals surface area contributed by atoms with Crippen molar-refractivity contribution >= 4 is 37.4 Å². The molecule has 0 saturated carbocycles. The van der Waals surface area contributed by atoms with Crippen LogP contribution in [0.4, 0.5) is 5.69 Å². The van der Waals surface area contributed by atoms with Crippen LogP contribution in [0.25, 0.3) is 21.7 Å². The Hall–Kier alpha value is -2.92. The van der Waals surface area contributed by atoms with Crippen LogP contribution < -0.4 is 4.72 Å². The van der Waals surface area contributed by atoms with Crippen LogP contribution in [0.3, 0.4) is 0 Å². The monoisotopic (exact) mass is 334 g/mol. The smallest absolute Gasteiger partial charge is 0.262 e. The second-order valence-corrected chi connectivity index (χ2v) is 7.14. The molecule has 0 bridgehead atoms. The average Bonchev–Trinajstić information content (AvgIpc) is 2.61. The van der Waals surface area contributed by atoms with Gasteiger partial charge >= 0.3 is 0 Å². The summed E-state index contributed by atoms with van der Waals surface area (Å²) in [7, 11) is -3.68. The normalized spacial score (nSPS) is 11.7. The number of fused-ring (bicyclic) bond motifs is 2. The summed E-state index contributed by atoms with van der Waals surface area (Å²) in [5.74, 6) is 0. The molecule has 0 atom stereocenters. The van der Waals surface area contributed by atoms with Gasteiger partial charge in [-0.05, 0) is 35.7 Å². The van der Waals surface area contributed by atoms with Crippen molar-refractivity contribution in [1.29, 1.82) is 0 Å². The average molecular weight is 334 g/mol. The summed E-state index contributed by atoms with van der Waals surface area (Å²) in [5.41, 5.74) is 1.34. The van der Waals surface area contributed by atoms with Gasteiger partial charge in [0.15, 0.2) is 0 Å². The van der Waals surface area contributed by atoms with E-state index in [0.717, 1.165) is 16.3 Å². The molecule has 5 heteroatoms. The Morgan fingerprint density at radius 1 is 0.792 bits per heavy atom. The van der Waals surface area contributed by atoms with Crippen LogP contribution in [0.2, 0.25) is 0 Å². The van der Waals surface area contributed by atoms with Crippen molar-refractivity contribution in [1.82, 2.24) is 4.98 Å². The van der Waals surface area contributed by atoms with Crippen molar-refractivity contribution in [2.24, 2.45) is 0 Å². The second-order valence-electron chi connectivity index (χ2n) is 5.49. The zero-order chi connectivity index (χ0) is 16.6. The Morgan fingerprint density at radius 2 is 1.58 bits per heavy atom. The standard InChI is InChI=1S/C19H14N2O2S/c22-24(23,19-9-3-6-14-5-1-2-8-17(14)19)21-16-10-11-18-15(13-16)7-4-12-20-18/h1-13,21H. The molecular weight excluding hydrogens is 320 g/mol. The molecule has 0 unspecified atom stereocenters. The van der Waals surface area contributed by atoms with Crippen LogP contribution in [0.15, 0.2) is 83.9 Å². The molecule has 3 aromatic carbocycles. The summed E-state index contributed by atoms with van der Waals surface area (Å²) < 4.78 is 28.3. The molecule has 1 N–H and O–H groups in total. The van der Waals surface area contributed by atoms with Crippen molar-refractivity contribution in [2.45, 2.75) is 4.90 Å². The third-order valence-electron chi connectivity index (χ3n) is 3.89. The fraction of sp³-hybridized carbons (Fsp3) is 0. The van der Waals surface area contributed by atoms with Gasteiger partial charge in [-0.2, -0.15) is 0 Å². The summed E-state index contributed by atoms with van der Waals surface area (Å²) in [6.07, 6.45) is 1.71. The van der Waals surface area contributed by atoms with E-state index < -0.39 is 10.0 Å². The lowest BCUT2D eigenvalue weighted by molar-refractivity contribution is 0.602. The number of hydrogen-bond acceptors (Lipinski definition) is 3. The first-order valence-corrected chi connectivity index (χ1v) is 8.97. The van der Waals surface area contributed by atoms with E-state index >= 15 is 0 Å². The maximum absolute atomic E-state index is 12.8. The van der Waals surface area contributed by atoms with Crippen molar-refractivity contribution < 1.29 is 8.42 Å². The zero-order valence-electron chi connectivity index (χ0n) is 12.7. The van der Waals surface area contributed by atoms with Gasteiger partial charge in [-0.25, -0.2) is 8.42 Å². The minimum atomic E-state index is -3.68. The van der Waals surface area contributed by atoms with E-state index in [4.69, 9.17) is 0 Å². The molecule has 118 valence electrons. The van der Waals surface area contributed by atoms with E-state index in [1.54, 1.807) is 36.5 Å². The summed E-state index contributed by atoms with van der Waals surface area (Å²) in [6.45, 7) is 0. The maximum atomic E-state index is 12.8. The summed E-state index contributed by atoms with van der Waals surface area (Å²) in [6, 6.07) is 21.7. The molecule has 0 fully saturated rings. The number of rotatable bonds is 3. The van der Waals surface area contributed by atoms with Gasteiger partial charge in [-0.1, -0.05) is 42.5 Å². The van der Waals surface area contributed by atoms with E-state index in [9.17, 15) is 8.42 Å². The number of hydrogen-bond donors (Lipinski definition) is 1. The fourth-order valence-electron chi connectivity index (χ4n) is 2.78. The third kappa shape index (κ3) is 2.59. The topological polar surface area (TPSA) is 59.1 Å². The lowest BCUT2D eigenvalue weighted by atomic mass is 10.1. The van der Waals surface area contributed by atoms with Crippen molar-refractivity contribution in [3.63, 3.8) is 0 Å². The molecule has 0 spiro atoms. The maximum Gasteiger partial charge on any atom is 0.262 e. The Labute approximate surface area is 139 Å². The van der Waals surface area contributed by atoms with Crippen molar-refractivity contribution in [3.8, 4) is 0 Å². The highest BCUT2D eigenvalue weighted by atomic mass is 32.2. The highest BCUT2D eigenvalue weighted by molar-refractivity contribution is 7.93. The molecule has 4 rings (SSSR count). The van der Waals surface area contributed by atoms with Crippen LogP contribution in [0.5, 0.6) is 0 Å². The molecular formula is C19H14N2O2S. The van der Waals surface area contributed by atoms with Gasteiger partial charge in [0, 0.05) is 22.7 Å². The number of aromatic nitrogens is 1. The molecule has 0 aliphatic heterocycles. The number of anilines is 1. The predicted molar refractivity (Wildman–Crippen MR) is 96.5 cm³/mol. The number of benzene rings is 3. The van der Waals surface area contributed by atoms with E-state index in [2.05, 4.69) is 9.71 Å². The number of sulfonamides is 1. The highest BCUT2D eigenvalue weighted by Crippen LogP contribution is 2.26. The van der Waals surface area contributed by atoms with E-state index in [1.165, 1.54) is 0 Å². The molecule has 0 saturated heterocycles. The molecule has 0 aliphatic carbocycles. The Bertz CT molecular complexity index is 1150. The minimum Gasteiger partial charge on any atom is -0.280 e. The first kappa shape index (κ1) is 14.7. The summed E-state index contributed by atoms with van der Waals surface area (Å²) in [5, 5.41) is 2.48. The molecule has 4 aromatic rings. The van der Waals surface area contributed by atoms with Crippen LogP contribution in [0, 0.1) is 0 Å². The summed E-state index contributed by atoms with van der Waals surface area (Å²) in [4.78, 5) is 4.51. The third-order valence-corrected chi connectivity index (χ3v) is 5.33. The fourth-order valence-corrected chi connectivity index (χ4v) is 4.06. The molecule has 0 amide bonds. The summed E-state index contributed by atoms with van der Waals surface area (Å²) >= 11 is 0. The lowest BCUT2D eigenvalue weighted by Crippen LogP contribution is -2.13. The van der Waals surface area contributed by atoms with Crippen LogP contribution >= 0.6 is 0 Å². The molecule has 4 nitrogen and oxygen atoms in total. The number of pyridine rings is 1. The first-order valence-electron chi connectivity index (χ1n) is 7.49. The zero-order valence-corrected chi connectivity index (χ0v) is 13.5. The first-order chi connectivity index (χ1) is 11.6. The van der Waals surface area contributed by atoms with E-state index in [-0.39, 0.29) is 4.90 Å². The largest absolute Gasteiger partial charge is 0.280 e. The number of nitrogens with zero attached hydrogens (tertiary/aromatic N) is 1. The van der Waals surface area contributed by atoms with Crippen LogP contribution in [-0.2, 0) is 10.0 Å². The van der Waals surface area contributed by atoms with Gasteiger partial charge in [0.1, 0.15) is 0 Å². The molecule has 1 heterocycles. The Balaban J connectivity index is 1.79. The van der Waals surface area contributed by atoms with Crippen LogP contribution in [-0.4, -0.2) is 13.4 Å². The number of nitrogens with one attached hydrogen (secondary N) is 1. The molecule has 24 heavy (non-hydrogen) atoms. The molecule has 0 radical (unpaired) electrons. The quantitative estimate of drug-likeness (QED) is 0.611. The lowest BCUT2D eigenvalue weighted by Gasteiger charge is -2.11. The van der Waals surface area contributed by atoms with E-state index in [0.29, 0.717) is 11.1 Å². The van der Waals surface area contributed by atoms with Crippen molar-refractivity contribution in [2.75, 3.05) is 4.72 Å². The Kier molecular flexibility index (Phi) is 3.43. The van der Waals surface area contributed by atoms with Gasteiger partial charge in [0.25, 0.3) is 10.0 Å². The highest BCUT2D eigenvalue weighted by Gasteiger charge is 2.17. The van der Waals surface area contributed by atoms with Gasteiger partial charge in [0.05, 0.1) is 10.4 Å². The Morgan fingerprint density at radius 3 is 2.50 bits per heavy atom. The van der Waals surface area contributed by atoms with Gasteiger partial charge in [-0.15, -0.1) is 0 Å².